The standard InChI is InChI=1S/C29H27F2N3O3/c1-34(2)17-20-8-4-9-22-21(20)12-13-32-25(22)15-18-6-3-7-19(14-18)16-26(29(36)37)33-28(35)27-23(30)10-5-11-24(27)31/h3-14,26H,15-17H2,1-2H3,(H,33,35)(H,36,37). The van der Waals surface area contributed by atoms with E-state index in [-0.39, 0.29) is 6.42 Å². The molecule has 1 atom stereocenters. The molecule has 0 aliphatic carbocycles. The van der Waals surface area contributed by atoms with Crippen LogP contribution in [0.4, 0.5) is 8.78 Å². The van der Waals surface area contributed by atoms with Crippen molar-refractivity contribution in [3.63, 3.8) is 0 Å². The Bertz CT molecular complexity index is 1440. The molecule has 3 aromatic carbocycles. The van der Waals surface area contributed by atoms with E-state index in [9.17, 15) is 23.5 Å². The lowest BCUT2D eigenvalue weighted by Gasteiger charge is -2.16. The molecule has 0 aliphatic heterocycles. The van der Waals surface area contributed by atoms with E-state index in [1.165, 1.54) is 5.56 Å². The molecule has 0 radical (unpaired) electrons. The first kappa shape index (κ1) is 25.9. The van der Waals surface area contributed by atoms with Gasteiger partial charge in [0.15, 0.2) is 0 Å². The molecule has 0 saturated carbocycles. The summed E-state index contributed by atoms with van der Waals surface area (Å²) in [6.45, 7) is 0.801. The first-order valence-electron chi connectivity index (χ1n) is 11.8. The molecule has 4 rings (SSSR count). The van der Waals surface area contributed by atoms with Crippen molar-refractivity contribution in [2.24, 2.45) is 0 Å². The minimum Gasteiger partial charge on any atom is -0.480 e. The molecule has 190 valence electrons. The van der Waals surface area contributed by atoms with E-state index in [1.54, 1.807) is 12.3 Å². The van der Waals surface area contributed by atoms with Crippen LogP contribution in [0.2, 0.25) is 0 Å². The summed E-state index contributed by atoms with van der Waals surface area (Å²) < 4.78 is 28.0. The lowest BCUT2D eigenvalue weighted by Crippen LogP contribution is -2.43. The topological polar surface area (TPSA) is 82.5 Å². The van der Waals surface area contributed by atoms with Gasteiger partial charge in [-0.25, -0.2) is 13.6 Å². The number of benzene rings is 3. The number of halogens is 2. The number of rotatable bonds is 9. The zero-order valence-electron chi connectivity index (χ0n) is 20.5. The third kappa shape index (κ3) is 6.16. The number of carboxylic acid groups (broad SMARTS) is 1. The summed E-state index contributed by atoms with van der Waals surface area (Å²) in [7, 11) is 4.04. The van der Waals surface area contributed by atoms with Crippen LogP contribution in [0.5, 0.6) is 0 Å². The minimum absolute atomic E-state index is 0.0546. The molecule has 8 heteroatoms. The number of hydrogen-bond donors (Lipinski definition) is 2. The average molecular weight is 504 g/mol. The molecule has 0 spiro atoms. The van der Waals surface area contributed by atoms with Crippen molar-refractivity contribution < 1.29 is 23.5 Å². The van der Waals surface area contributed by atoms with E-state index in [0.29, 0.717) is 12.0 Å². The summed E-state index contributed by atoms with van der Waals surface area (Å²) in [5, 5.41) is 14.1. The van der Waals surface area contributed by atoms with Crippen molar-refractivity contribution in [2.45, 2.75) is 25.4 Å². The molecule has 0 aliphatic rings. The maximum Gasteiger partial charge on any atom is 0.326 e. The van der Waals surface area contributed by atoms with E-state index in [0.717, 1.165) is 46.8 Å². The van der Waals surface area contributed by atoms with Crippen molar-refractivity contribution >= 4 is 22.6 Å². The molecule has 2 N–H and O–H groups in total. The number of hydrogen-bond acceptors (Lipinski definition) is 4. The van der Waals surface area contributed by atoms with Gasteiger partial charge in [-0.05, 0) is 54.4 Å². The third-order valence-electron chi connectivity index (χ3n) is 6.06. The Morgan fingerprint density at radius 3 is 2.32 bits per heavy atom. The number of pyridine rings is 1. The molecule has 1 unspecified atom stereocenters. The highest BCUT2D eigenvalue weighted by atomic mass is 19.1. The molecule has 1 amide bonds. The minimum atomic E-state index is -1.37. The molecule has 4 aromatic rings. The maximum atomic E-state index is 14.0. The van der Waals surface area contributed by atoms with E-state index < -0.39 is 35.1 Å². The number of fused-ring (bicyclic) bond motifs is 1. The number of carbonyl (C=O) groups is 2. The number of nitrogens with zero attached hydrogens (tertiary/aromatic N) is 2. The van der Waals surface area contributed by atoms with Crippen molar-refractivity contribution in [2.75, 3.05) is 14.1 Å². The van der Waals surface area contributed by atoms with Gasteiger partial charge in [0.2, 0.25) is 0 Å². The van der Waals surface area contributed by atoms with Crippen LogP contribution in [0, 0.1) is 11.6 Å². The second kappa shape index (κ2) is 11.3. The maximum absolute atomic E-state index is 14.0. The van der Waals surface area contributed by atoms with Gasteiger partial charge in [-0.15, -0.1) is 0 Å². The number of carbonyl (C=O) groups excluding carboxylic acids is 1. The van der Waals surface area contributed by atoms with Gasteiger partial charge in [-0.3, -0.25) is 9.78 Å². The first-order valence-corrected chi connectivity index (χ1v) is 11.8. The monoisotopic (exact) mass is 503 g/mol. The lowest BCUT2D eigenvalue weighted by molar-refractivity contribution is -0.139. The summed E-state index contributed by atoms with van der Waals surface area (Å²) in [6.07, 6.45) is 2.26. The molecule has 0 saturated heterocycles. The fraction of sp³-hybridized carbons (Fsp3) is 0.207. The van der Waals surface area contributed by atoms with Gasteiger partial charge in [0.1, 0.15) is 23.2 Å². The van der Waals surface area contributed by atoms with E-state index in [2.05, 4.69) is 21.3 Å². The largest absolute Gasteiger partial charge is 0.480 e. The SMILES string of the molecule is CN(C)Cc1cccc2c(Cc3cccc(CC(NC(=O)c4c(F)cccc4F)C(=O)O)c3)nccc12. The molecule has 6 nitrogen and oxygen atoms in total. The zero-order chi connectivity index (χ0) is 26.5. The van der Waals surface area contributed by atoms with Gasteiger partial charge in [-0.2, -0.15) is 0 Å². The average Bonchev–Trinajstić information content (AvgIpc) is 2.84. The molecule has 0 fully saturated rings. The third-order valence-corrected chi connectivity index (χ3v) is 6.06. The first-order chi connectivity index (χ1) is 17.7. The van der Waals surface area contributed by atoms with E-state index in [1.807, 2.05) is 50.5 Å². The van der Waals surface area contributed by atoms with Crippen LogP contribution in [0.1, 0.15) is 32.7 Å². The summed E-state index contributed by atoms with van der Waals surface area (Å²) in [4.78, 5) is 31.0. The van der Waals surface area contributed by atoms with Crippen LogP contribution in [0.3, 0.4) is 0 Å². The Balaban J connectivity index is 1.55. The second-order valence-corrected chi connectivity index (χ2v) is 9.17. The van der Waals surface area contributed by atoms with Crippen molar-refractivity contribution in [3.8, 4) is 0 Å². The van der Waals surface area contributed by atoms with Crippen molar-refractivity contribution in [1.29, 1.82) is 0 Å². The fourth-order valence-electron chi connectivity index (χ4n) is 4.39. The van der Waals surface area contributed by atoms with Gasteiger partial charge in [0.05, 0.1) is 5.69 Å². The van der Waals surface area contributed by atoms with Crippen LogP contribution in [-0.2, 0) is 24.2 Å². The van der Waals surface area contributed by atoms with Gasteiger partial charge in [0.25, 0.3) is 5.91 Å². The molecule has 1 heterocycles. The summed E-state index contributed by atoms with van der Waals surface area (Å²) >= 11 is 0. The Labute approximate surface area is 213 Å². The summed E-state index contributed by atoms with van der Waals surface area (Å²) in [6, 6.07) is 17.2. The Morgan fingerprint density at radius 1 is 0.946 bits per heavy atom. The second-order valence-electron chi connectivity index (χ2n) is 9.17. The Hall–Kier alpha value is -4.17. The highest BCUT2D eigenvalue weighted by Gasteiger charge is 2.25. The van der Waals surface area contributed by atoms with E-state index in [4.69, 9.17) is 0 Å². The smallest absolute Gasteiger partial charge is 0.326 e. The van der Waals surface area contributed by atoms with Crippen molar-refractivity contribution in [3.05, 3.63) is 113 Å². The molecular formula is C29H27F2N3O3. The Kier molecular flexibility index (Phi) is 7.89. The number of aromatic nitrogens is 1. The highest BCUT2D eigenvalue weighted by molar-refractivity contribution is 5.97. The van der Waals surface area contributed by atoms with Gasteiger partial charge >= 0.3 is 5.97 Å². The predicted octanol–water partition coefficient (Wildman–Crippen LogP) is 4.59. The van der Waals surface area contributed by atoms with Crippen LogP contribution >= 0.6 is 0 Å². The van der Waals surface area contributed by atoms with Gasteiger partial charge in [0, 0.05) is 31.0 Å². The van der Waals surface area contributed by atoms with E-state index >= 15 is 0 Å². The number of amides is 1. The summed E-state index contributed by atoms with van der Waals surface area (Å²) in [5.41, 5.74) is 2.87. The van der Waals surface area contributed by atoms with Crippen LogP contribution in [0.15, 0.2) is 72.9 Å². The number of aliphatic carboxylic acids is 1. The lowest BCUT2D eigenvalue weighted by atomic mass is 9.97. The molecule has 37 heavy (non-hydrogen) atoms. The predicted molar refractivity (Wildman–Crippen MR) is 137 cm³/mol. The van der Waals surface area contributed by atoms with Crippen LogP contribution < -0.4 is 5.32 Å². The molecule has 0 bridgehead atoms. The van der Waals surface area contributed by atoms with Crippen LogP contribution in [-0.4, -0.2) is 47.0 Å². The number of nitrogens with one attached hydrogen (secondary N) is 1. The zero-order valence-corrected chi connectivity index (χ0v) is 20.5. The highest BCUT2D eigenvalue weighted by Crippen LogP contribution is 2.24. The van der Waals surface area contributed by atoms with Gasteiger partial charge in [-0.1, -0.05) is 48.5 Å². The number of carboxylic acids is 1. The van der Waals surface area contributed by atoms with Gasteiger partial charge < -0.3 is 15.3 Å². The normalized spacial score (nSPS) is 12.0. The molecular weight excluding hydrogens is 476 g/mol. The summed E-state index contributed by atoms with van der Waals surface area (Å²) in [5.74, 6) is -4.53. The quantitative estimate of drug-likeness (QED) is 0.349. The molecule has 1 aromatic heterocycles. The van der Waals surface area contributed by atoms with Crippen LogP contribution in [0.25, 0.3) is 10.8 Å². The Morgan fingerprint density at radius 2 is 1.62 bits per heavy atom. The fourth-order valence-corrected chi connectivity index (χ4v) is 4.39. The van der Waals surface area contributed by atoms with Crippen molar-refractivity contribution in [1.82, 2.24) is 15.2 Å².